The lowest BCUT2D eigenvalue weighted by Crippen LogP contribution is -2.27. The number of aliphatic hydroxyl groups is 2. The number of para-hydroxylation sites is 1. The van der Waals surface area contributed by atoms with E-state index in [1.165, 1.54) is 12.1 Å². The topological polar surface area (TPSA) is 127 Å². The van der Waals surface area contributed by atoms with Gasteiger partial charge in [0.1, 0.15) is 5.75 Å². The molecule has 7 nitrogen and oxygen atoms in total. The molecule has 84 valence electrons. The average molecular weight is 236 g/mol. The van der Waals surface area contributed by atoms with Crippen LogP contribution in [0, 0.1) is 0 Å². The molecule has 0 radical (unpaired) electrons. The van der Waals surface area contributed by atoms with Gasteiger partial charge in [0.15, 0.2) is 0 Å². The zero-order valence-electron chi connectivity index (χ0n) is 7.31. The highest BCUT2D eigenvalue weighted by Crippen LogP contribution is 2.44. The van der Waals surface area contributed by atoms with Crippen LogP contribution in [0.5, 0.6) is 5.75 Å². The number of phosphoric acid groups is 1. The summed E-state index contributed by atoms with van der Waals surface area (Å²) in [5.74, 6) is -3.80. The Bertz CT molecular complexity index is 396. The van der Waals surface area contributed by atoms with E-state index in [2.05, 4.69) is 4.52 Å². The number of hydrogen-bond donors (Lipinski definition) is 5. The van der Waals surface area contributed by atoms with Crippen LogP contribution in [0.4, 0.5) is 0 Å². The van der Waals surface area contributed by atoms with Crippen LogP contribution in [0.1, 0.15) is 5.56 Å². The Morgan fingerprint density at radius 1 is 1.20 bits per heavy atom. The van der Waals surface area contributed by atoms with E-state index >= 15 is 0 Å². The molecule has 0 aliphatic carbocycles. The molecule has 0 aliphatic rings. The van der Waals surface area contributed by atoms with Crippen molar-refractivity contribution in [2.24, 2.45) is 0 Å². The van der Waals surface area contributed by atoms with Gasteiger partial charge in [0.2, 0.25) is 0 Å². The molecule has 0 atom stereocenters. The third-order valence-corrected chi connectivity index (χ3v) is 1.99. The minimum absolute atomic E-state index is 0.559. The van der Waals surface area contributed by atoms with E-state index in [0.29, 0.717) is 0 Å². The van der Waals surface area contributed by atoms with E-state index in [0.717, 1.165) is 12.1 Å². The number of phosphoric ester groups is 1. The first kappa shape index (κ1) is 12.1. The fourth-order valence-corrected chi connectivity index (χ4v) is 1.39. The Kier molecular flexibility index (Phi) is 3.15. The number of phenolic OH excluding ortho intramolecular Hbond substituents is 1. The largest absolute Gasteiger partial charge is 0.507 e. The normalized spacial score (nSPS) is 12.8. The lowest BCUT2D eigenvalue weighted by atomic mass is 10.1. The molecule has 0 heterocycles. The van der Waals surface area contributed by atoms with Crippen LogP contribution < -0.4 is 0 Å². The van der Waals surface area contributed by atoms with E-state index < -0.39 is 25.1 Å². The predicted octanol–water partition coefficient (Wildman–Crippen LogP) is -0.404. The highest BCUT2D eigenvalue weighted by Gasteiger charge is 2.37. The molecule has 1 aromatic rings. The first-order chi connectivity index (χ1) is 6.72. The summed E-state index contributed by atoms with van der Waals surface area (Å²) in [7, 11) is -5.08. The molecule has 1 rings (SSSR count). The molecule has 0 aliphatic heterocycles. The summed E-state index contributed by atoms with van der Waals surface area (Å²) >= 11 is 0. The standard InChI is InChI=1S/C7H9O7P/c8-6-4-2-1-3-5(6)7(9,10)14-15(11,12)13/h1-4,8-10H,(H2,11,12,13). The quantitative estimate of drug-likeness (QED) is 0.356. The second kappa shape index (κ2) is 3.90. The lowest BCUT2D eigenvalue weighted by molar-refractivity contribution is -0.311. The van der Waals surface area contributed by atoms with Crippen molar-refractivity contribution in [1.29, 1.82) is 0 Å². The minimum atomic E-state index is -5.08. The Morgan fingerprint density at radius 2 is 1.73 bits per heavy atom. The van der Waals surface area contributed by atoms with Crippen molar-refractivity contribution in [2.45, 2.75) is 5.97 Å². The number of hydrogen-bond acceptors (Lipinski definition) is 5. The van der Waals surface area contributed by atoms with Gasteiger partial charge in [-0.1, -0.05) is 12.1 Å². The fourth-order valence-electron chi connectivity index (χ4n) is 0.964. The van der Waals surface area contributed by atoms with Crippen LogP contribution in [0.2, 0.25) is 0 Å². The van der Waals surface area contributed by atoms with Crippen LogP contribution in [-0.2, 0) is 15.1 Å². The van der Waals surface area contributed by atoms with Crippen molar-refractivity contribution in [3.8, 4) is 5.75 Å². The van der Waals surface area contributed by atoms with Crippen LogP contribution in [0.25, 0.3) is 0 Å². The molecular weight excluding hydrogens is 227 g/mol. The van der Waals surface area contributed by atoms with Crippen molar-refractivity contribution in [1.82, 2.24) is 0 Å². The molecular formula is C7H9O7P. The maximum Gasteiger partial charge on any atom is 0.474 e. The van der Waals surface area contributed by atoms with E-state index in [1.54, 1.807) is 0 Å². The minimum Gasteiger partial charge on any atom is -0.507 e. The Balaban J connectivity index is 3.06. The SMILES string of the molecule is O=P(O)(O)OC(O)(O)c1ccccc1O. The summed E-state index contributed by atoms with van der Waals surface area (Å²) in [6, 6.07) is 4.89. The molecule has 8 heteroatoms. The van der Waals surface area contributed by atoms with Gasteiger partial charge >= 0.3 is 13.8 Å². The van der Waals surface area contributed by atoms with Gasteiger partial charge in [-0.2, -0.15) is 0 Å². The molecule has 0 saturated carbocycles. The van der Waals surface area contributed by atoms with E-state index in [1.807, 2.05) is 0 Å². The van der Waals surface area contributed by atoms with Gasteiger partial charge in [-0.25, -0.2) is 9.09 Å². The van der Waals surface area contributed by atoms with E-state index in [9.17, 15) is 19.9 Å². The van der Waals surface area contributed by atoms with Crippen LogP contribution in [0.15, 0.2) is 24.3 Å². The number of aromatic hydroxyl groups is 1. The molecule has 0 spiro atoms. The molecule has 0 fully saturated rings. The van der Waals surface area contributed by atoms with Crippen LogP contribution in [-0.4, -0.2) is 25.1 Å². The van der Waals surface area contributed by atoms with Crippen molar-refractivity contribution >= 4 is 7.82 Å². The van der Waals surface area contributed by atoms with Crippen molar-refractivity contribution in [2.75, 3.05) is 0 Å². The summed E-state index contributed by atoms with van der Waals surface area (Å²) in [6.45, 7) is 0. The molecule has 0 amide bonds. The highest BCUT2D eigenvalue weighted by molar-refractivity contribution is 7.46. The average Bonchev–Trinajstić information content (AvgIpc) is 1.99. The predicted molar refractivity (Wildman–Crippen MR) is 47.4 cm³/mol. The molecule has 1 aromatic carbocycles. The summed E-state index contributed by atoms with van der Waals surface area (Å²) in [4.78, 5) is 16.8. The first-order valence-corrected chi connectivity index (χ1v) is 5.25. The smallest absolute Gasteiger partial charge is 0.474 e. The fraction of sp³-hybridized carbons (Fsp3) is 0.143. The summed E-state index contributed by atoms with van der Waals surface area (Å²) in [5, 5.41) is 27.6. The first-order valence-electron chi connectivity index (χ1n) is 3.72. The van der Waals surface area contributed by atoms with E-state index in [4.69, 9.17) is 9.79 Å². The molecule has 0 aromatic heterocycles. The second-order valence-electron chi connectivity index (χ2n) is 2.71. The second-order valence-corrected chi connectivity index (χ2v) is 3.87. The zero-order chi connectivity index (χ0) is 11.7. The molecule has 15 heavy (non-hydrogen) atoms. The maximum absolute atomic E-state index is 10.4. The Morgan fingerprint density at radius 3 is 2.20 bits per heavy atom. The monoisotopic (exact) mass is 236 g/mol. The Labute approximate surface area is 84.4 Å². The third-order valence-electron chi connectivity index (χ3n) is 1.50. The van der Waals surface area contributed by atoms with Gasteiger partial charge in [-0.15, -0.1) is 0 Å². The van der Waals surface area contributed by atoms with Gasteiger partial charge in [0.25, 0.3) is 0 Å². The zero-order valence-corrected chi connectivity index (χ0v) is 8.20. The van der Waals surface area contributed by atoms with E-state index in [-0.39, 0.29) is 0 Å². The summed E-state index contributed by atoms with van der Waals surface area (Å²) in [5.41, 5.74) is -0.562. The van der Waals surface area contributed by atoms with Gasteiger partial charge in [0, 0.05) is 0 Å². The summed E-state index contributed by atoms with van der Waals surface area (Å²) in [6.07, 6.45) is 0. The van der Waals surface area contributed by atoms with Gasteiger partial charge in [0.05, 0.1) is 5.56 Å². The summed E-state index contributed by atoms with van der Waals surface area (Å²) < 4.78 is 14.1. The molecule has 0 saturated heterocycles. The molecule has 5 N–H and O–H groups in total. The van der Waals surface area contributed by atoms with Crippen molar-refractivity contribution in [3.05, 3.63) is 29.8 Å². The molecule has 0 unspecified atom stereocenters. The van der Waals surface area contributed by atoms with Crippen LogP contribution >= 0.6 is 7.82 Å². The Hall–Kier alpha value is -0.950. The number of benzene rings is 1. The molecule has 0 bridgehead atoms. The third kappa shape index (κ3) is 3.28. The van der Waals surface area contributed by atoms with Gasteiger partial charge in [-0.3, -0.25) is 0 Å². The van der Waals surface area contributed by atoms with Crippen molar-refractivity contribution in [3.63, 3.8) is 0 Å². The lowest BCUT2D eigenvalue weighted by Gasteiger charge is -2.22. The van der Waals surface area contributed by atoms with Crippen molar-refractivity contribution < 1.29 is 34.2 Å². The number of phenols is 1. The number of rotatable bonds is 3. The maximum atomic E-state index is 10.4. The van der Waals surface area contributed by atoms with Gasteiger partial charge in [-0.05, 0) is 12.1 Å². The van der Waals surface area contributed by atoms with Gasteiger partial charge < -0.3 is 25.1 Å². The van der Waals surface area contributed by atoms with Crippen LogP contribution in [0.3, 0.4) is 0 Å². The highest BCUT2D eigenvalue weighted by atomic mass is 31.2.